The summed E-state index contributed by atoms with van der Waals surface area (Å²) in [5.41, 5.74) is 2.94. The van der Waals surface area contributed by atoms with Crippen LogP contribution >= 0.6 is 11.3 Å². The summed E-state index contributed by atoms with van der Waals surface area (Å²) in [7, 11) is 1.67. The maximum absolute atomic E-state index is 13.1. The van der Waals surface area contributed by atoms with Crippen molar-refractivity contribution in [1.82, 2.24) is 15.2 Å². The molecule has 1 fully saturated rings. The highest BCUT2D eigenvalue weighted by molar-refractivity contribution is 7.13. The standard InChI is InChI=1S/C22H23N3O2S/c1-27-20-10-6-5-9-18(20)19-14-23-11-12-25(19)21(26)13-17-15-28-22(24-17)16-7-3-2-4-8-16/h2-10,15,19,23H,11-14H2,1H3. The van der Waals surface area contributed by atoms with Crippen LogP contribution in [0.3, 0.4) is 0 Å². The zero-order valence-corrected chi connectivity index (χ0v) is 16.6. The zero-order valence-electron chi connectivity index (χ0n) is 15.8. The molecule has 1 aliphatic rings. The Kier molecular flexibility index (Phi) is 5.69. The molecule has 0 saturated carbocycles. The highest BCUT2D eigenvalue weighted by Gasteiger charge is 2.30. The van der Waals surface area contributed by atoms with Crippen molar-refractivity contribution >= 4 is 17.2 Å². The molecule has 5 nitrogen and oxygen atoms in total. The molecule has 0 radical (unpaired) electrons. The molecule has 3 aromatic rings. The van der Waals surface area contributed by atoms with Gasteiger partial charge in [0.2, 0.25) is 5.91 Å². The minimum absolute atomic E-state index is 0.0374. The summed E-state index contributed by atoms with van der Waals surface area (Å²) >= 11 is 1.58. The lowest BCUT2D eigenvalue weighted by Gasteiger charge is -2.37. The fourth-order valence-electron chi connectivity index (χ4n) is 3.58. The highest BCUT2D eigenvalue weighted by Crippen LogP contribution is 2.31. The number of para-hydroxylation sites is 1. The van der Waals surface area contributed by atoms with Crippen LogP contribution in [0.5, 0.6) is 5.75 Å². The number of piperazine rings is 1. The molecule has 2 heterocycles. The molecule has 6 heteroatoms. The van der Waals surface area contributed by atoms with Crippen LogP contribution in [0.2, 0.25) is 0 Å². The van der Waals surface area contributed by atoms with Crippen LogP contribution in [0.1, 0.15) is 17.3 Å². The Hall–Kier alpha value is -2.70. The van der Waals surface area contributed by atoms with E-state index in [4.69, 9.17) is 4.74 Å². The number of nitrogens with one attached hydrogen (secondary N) is 1. The number of hydrogen-bond acceptors (Lipinski definition) is 5. The number of benzene rings is 2. The molecule has 1 amide bonds. The van der Waals surface area contributed by atoms with Gasteiger partial charge in [-0.15, -0.1) is 11.3 Å². The molecule has 28 heavy (non-hydrogen) atoms. The van der Waals surface area contributed by atoms with E-state index in [0.29, 0.717) is 13.0 Å². The van der Waals surface area contributed by atoms with Gasteiger partial charge in [-0.1, -0.05) is 48.5 Å². The number of carbonyl (C=O) groups is 1. The van der Waals surface area contributed by atoms with Crippen molar-refractivity contribution in [3.05, 3.63) is 71.2 Å². The second-order valence-electron chi connectivity index (χ2n) is 6.74. The van der Waals surface area contributed by atoms with E-state index in [0.717, 1.165) is 40.7 Å². The molecule has 1 unspecified atom stereocenters. The van der Waals surface area contributed by atoms with Crippen molar-refractivity contribution in [3.8, 4) is 16.3 Å². The number of amides is 1. The third-order valence-corrected chi connectivity index (χ3v) is 5.91. The van der Waals surface area contributed by atoms with E-state index in [2.05, 4.69) is 10.3 Å². The van der Waals surface area contributed by atoms with Gasteiger partial charge in [0.15, 0.2) is 0 Å². The molecule has 1 N–H and O–H groups in total. The fourth-order valence-corrected chi connectivity index (χ4v) is 4.41. The zero-order chi connectivity index (χ0) is 19.3. The van der Waals surface area contributed by atoms with Gasteiger partial charge >= 0.3 is 0 Å². The van der Waals surface area contributed by atoms with Crippen molar-refractivity contribution in [2.45, 2.75) is 12.5 Å². The van der Waals surface area contributed by atoms with E-state index in [-0.39, 0.29) is 11.9 Å². The number of rotatable bonds is 5. The molecular weight excluding hydrogens is 370 g/mol. The van der Waals surface area contributed by atoms with E-state index < -0.39 is 0 Å². The third kappa shape index (κ3) is 3.93. The Bertz CT molecular complexity index is 942. The quantitative estimate of drug-likeness (QED) is 0.720. The topological polar surface area (TPSA) is 54.5 Å². The molecule has 0 aliphatic carbocycles. The van der Waals surface area contributed by atoms with E-state index >= 15 is 0 Å². The average molecular weight is 394 g/mol. The fraction of sp³-hybridized carbons (Fsp3) is 0.273. The first kappa shape index (κ1) is 18.7. The van der Waals surface area contributed by atoms with Crippen LogP contribution in [-0.4, -0.2) is 42.5 Å². The number of carbonyl (C=O) groups excluding carboxylic acids is 1. The summed E-state index contributed by atoms with van der Waals surface area (Å²) in [5, 5.41) is 6.33. The molecule has 4 rings (SSSR count). The normalized spacial score (nSPS) is 16.8. The second kappa shape index (κ2) is 8.54. The van der Waals surface area contributed by atoms with Gasteiger partial charge in [-0.25, -0.2) is 4.98 Å². The van der Waals surface area contributed by atoms with Crippen LogP contribution in [0, 0.1) is 0 Å². The van der Waals surface area contributed by atoms with Crippen LogP contribution in [-0.2, 0) is 11.2 Å². The first-order valence-corrected chi connectivity index (χ1v) is 10.3. The largest absolute Gasteiger partial charge is 0.496 e. The van der Waals surface area contributed by atoms with Crippen LogP contribution in [0.25, 0.3) is 10.6 Å². The van der Waals surface area contributed by atoms with Gasteiger partial charge in [0.05, 0.1) is 25.3 Å². The summed E-state index contributed by atoms with van der Waals surface area (Å²) in [6, 6.07) is 17.9. The average Bonchev–Trinajstić information content (AvgIpc) is 3.23. The maximum atomic E-state index is 13.1. The molecule has 144 valence electrons. The lowest BCUT2D eigenvalue weighted by atomic mass is 10.0. The number of nitrogens with zero attached hydrogens (tertiary/aromatic N) is 2. The predicted molar refractivity (Wildman–Crippen MR) is 112 cm³/mol. The SMILES string of the molecule is COc1ccccc1C1CNCCN1C(=O)Cc1csc(-c2ccccc2)n1. The Labute approximate surface area is 169 Å². The molecule has 1 aromatic heterocycles. The van der Waals surface area contributed by atoms with E-state index in [1.807, 2.05) is 64.9 Å². The molecular formula is C22H23N3O2S. The Morgan fingerprint density at radius 1 is 1.21 bits per heavy atom. The Balaban J connectivity index is 1.52. The molecule has 1 aliphatic heterocycles. The number of ether oxygens (including phenoxy) is 1. The first-order chi connectivity index (χ1) is 13.8. The van der Waals surface area contributed by atoms with Gasteiger partial charge in [-0.2, -0.15) is 0 Å². The minimum Gasteiger partial charge on any atom is -0.496 e. The summed E-state index contributed by atoms with van der Waals surface area (Å²) < 4.78 is 5.52. The van der Waals surface area contributed by atoms with E-state index in [1.54, 1.807) is 18.4 Å². The van der Waals surface area contributed by atoms with Crippen molar-refractivity contribution in [1.29, 1.82) is 0 Å². The summed E-state index contributed by atoms with van der Waals surface area (Å²) in [6.45, 7) is 2.19. The van der Waals surface area contributed by atoms with Crippen LogP contribution in [0.4, 0.5) is 0 Å². The summed E-state index contributed by atoms with van der Waals surface area (Å²) in [5.74, 6) is 0.913. The van der Waals surface area contributed by atoms with E-state index in [1.165, 1.54) is 0 Å². The maximum Gasteiger partial charge on any atom is 0.229 e. The van der Waals surface area contributed by atoms with Crippen molar-refractivity contribution in [2.24, 2.45) is 0 Å². The summed E-state index contributed by atoms with van der Waals surface area (Å²) in [4.78, 5) is 19.8. The van der Waals surface area contributed by atoms with Crippen LogP contribution < -0.4 is 10.1 Å². The van der Waals surface area contributed by atoms with Crippen molar-refractivity contribution in [3.63, 3.8) is 0 Å². The Morgan fingerprint density at radius 3 is 2.82 bits per heavy atom. The number of hydrogen-bond donors (Lipinski definition) is 1. The highest BCUT2D eigenvalue weighted by atomic mass is 32.1. The van der Waals surface area contributed by atoms with Gasteiger partial charge in [-0.3, -0.25) is 4.79 Å². The van der Waals surface area contributed by atoms with Gasteiger partial charge in [0.25, 0.3) is 0 Å². The van der Waals surface area contributed by atoms with Gasteiger partial charge < -0.3 is 15.0 Å². The summed E-state index contributed by atoms with van der Waals surface area (Å²) in [6.07, 6.45) is 0.314. The number of thiazole rings is 1. The number of methoxy groups -OCH3 is 1. The molecule has 0 spiro atoms. The van der Waals surface area contributed by atoms with Crippen LogP contribution in [0.15, 0.2) is 60.0 Å². The van der Waals surface area contributed by atoms with Gasteiger partial charge in [0.1, 0.15) is 10.8 Å². The number of aromatic nitrogens is 1. The smallest absolute Gasteiger partial charge is 0.229 e. The van der Waals surface area contributed by atoms with Gasteiger partial charge in [-0.05, 0) is 6.07 Å². The molecule has 1 saturated heterocycles. The lowest BCUT2D eigenvalue weighted by Crippen LogP contribution is -2.49. The third-order valence-electron chi connectivity index (χ3n) is 4.97. The van der Waals surface area contributed by atoms with Crippen molar-refractivity contribution in [2.75, 3.05) is 26.7 Å². The first-order valence-electron chi connectivity index (χ1n) is 9.39. The van der Waals surface area contributed by atoms with Gasteiger partial charge in [0, 0.05) is 36.1 Å². The molecule has 2 aromatic carbocycles. The molecule has 0 bridgehead atoms. The molecule has 1 atom stereocenters. The van der Waals surface area contributed by atoms with E-state index in [9.17, 15) is 4.79 Å². The monoisotopic (exact) mass is 393 g/mol. The second-order valence-corrected chi connectivity index (χ2v) is 7.59. The minimum atomic E-state index is -0.0374. The predicted octanol–water partition coefficient (Wildman–Crippen LogP) is 3.53. The van der Waals surface area contributed by atoms with Crippen molar-refractivity contribution < 1.29 is 9.53 Å². The Morgan fingerprint density at radius 2 is 2.00 bits per heavy atom. The lowest BCUT2D eigenvalue weighted by molar-refractivity contribution is -0.133.